The quantitative estimate of drug-likeness (QED) is 0.689. The predicted octanol–water partition coefficient (Wildman–Crippen LogP) is 3.20. The first kappa shape index (κ1) is 13.0. The van der Waals surface area contributed by atoms with Crippen LogP contribution in [-0.4, -0.2) is 15.6 Å². The standard InChI is InChI=1S/C13H10O3S2/c14-13(15)11-8-4-5-9-12(11)17-18(16)10-6-2-1-3-7-10/h1-9H,(H,14,15). The van der Waals surface area contributed by atoms with Crippen LogP contribution in [-0.2, 0) is 10.2 Å². The molecule has 0 bridgehead atoms. The molecular weight excluding hydrogens is 268 g/mol. The highest BCUT2D eigenvalue weighted by molar-refractivity contribution is 8.72. The Morgan fingerprint density at radius 2 is 1.67 bits per heavy atom. The Morgan fingerprint density at radius 3 is 2.33 bits per heavy atom. The van der Waals surface area contributed by atoms with Crippen molar-refractivity contribution in [3.8, 4) is 0 Å². The largest absolute Gasteiger partial charge is 0.600 e. The lowest BCUT2D eigenvalue weighted by atomic mass is 10.2. The normalized spacial score (nSPS) is 12.1. The lowest BCUT2D eigenvalue weighted by Crippen LogP contribution is -2.01. The summed E-state index contributed by atoms with van der Waals surface area (Å²) in [4.78, 5) is 12.2. The van der Waals surface area contributed by atoms with E-state index in [-0.39, 0.29) is 5.56 Å². The minimum Gasteiger partial charge on any atom is -0.600 e. The molecule has 2 aromatic carbocycles. The van der Waals surface area contributed by atoms with Crippen LogP contribution in [0.2, 0.25) is 0 Å². The molecule has 1 N–H and O–H groups in total. The van der Waals surface area contributed by atoms with Gasteiger partial charge in [0.05, 0.1) is 20.7 Å². The molecule has 0 radical (unpaired) electrons. The summed E-state index contributed by atoms with van der Waals surface area (Å²) in [7, 11) is -0.265. The van der Waals surface area contributed by atoms with Crippen LogP contribution in [0.5, 0.6) is 0 Å². The summed E-state index contributed by atoms with van der Waals surface area (Å²) in [5.41, 5.74) is 0.173. The first-order valence-corrected chi connectivity index (χ1v) is 7.64. The van der Waals surface area contributed by atoms with Crippen molar-refractivity contribution in [1.29, 1.82) is 0 Å². The van der Waals surface area contributed by atoms with E-state index in [0.717, 1.165) is 10.8 Å². The van der Waals surface area contributed by atoms with Gasteiger partial charge in [0.2, 0.25) is 0 Å². The minimum absolute atomic E-state index is 0.173. The van der Waals surface area contributed by atoms with E-state index >= 15 is 0 Å². The highest BCUT2D eigenvalue weighted by Crippen LogP contribution is 2.32. The molecule has 0 aliphatic carbocycles. The van der Waals surface area contributed by atoms with Gasteiger partial charge in [-0.25, -0.2) is 4.79 Å². The molecule has 0 saturated carbocycles. The SMILES string of the molecule is O=C(O)c1ccccc1S[S+]([O-])c1ccccc1. The van der Waals surface area contributed by atoms with Gasteiger partial charge in [-0.3, -0.25) is 0 Å². The molecule has 2 aromatic rings. The van der Waals surface area contributed by atoms with Gasteiger partial charge in [-0.05, 0) is 24.3 Å². The Labute approximate surface area is 111 Å². The van der Waals surface area contributed by atoms with E-state index in [0.29, 0.717) is 9.79 Å². The second-order valence-corrected chi connectivity index (χ2v) is 6.39. The third-order valence-corrected chi connectivity index (χ3v) is 5.13. The van der Waals surface area contributed by atoms with Crippen LogP contribution in [0, 0.1) is 0 Å². The van der Waals surface area contributed by atoms with Gasteiger partial charge < -0.3 is 9.66 Å². The molecule has 0 aromatic heterocycles. The highest BCUT2D eigenvalue weighted by Gasteiger charge is 2.19. The van der Waals surface area contributed by atoms with E-state index in [2.05, 4.69) is 0 Å². The molecule has 0 fully saturated rings. The zero-order valence-corrected chi connectivity index (χ0v) is 10.9. The Balaban J connectivity index is 2.22. The molecule has 0 amide bonds. The van der Waals surface area contributed by atoms with Gasteiger partial charge in [-0.1, -0.05) is 30.3 Å². The monoisotopic (exact) mass is 278 g/mol. The zero-order valence-electron chi connectivity index (χ0n) is 9.28. The Kier molecular flexibility index (Phi) is 4.30. The molecule has 5 heteroatoms. The van der Waals surface area contributed by atoms with E-state index in [1.54, 1.807) is 42.5 Å². The zero-order chi connectivity index (χ0) is 13.0. The summed E-state index contributed by atoms with van der Waals surface area (Å²) in [6.07, 6.45) is 0. The molecule has 0 spiro atoms. The molecule has 18 heavy (non-hydrogen) atoms. The van der Waals surface area contributed by atoms with Crippen LogP contribution in [0.25, 0.3) is 0 Å². The van der Waals surface area contributed by atoms with E-state index in [9.17, 15) is 9.35 Å². The fraction of sp³-hybridized carbons (Fsp3) is 0. The molecule has 0 aliphatic rings. The summed E-state index contributed by atoms with van der Waals surface area (Å²) in [6.45, 7) is 0. The summed E-state index contributed by atoms with van der Waals surface area (Å²) < 4.78 is 12.1. The van der Waals surface area contributed by atoms with Crippen molar-refractivity contribution >= 4 is 27.0 Å². The number of aromatic carboxylic acids is 1. The molecule has 0 heterocycles. The van der Waals surface area contributed by atoms with Gasteiger partial charge in [-0.15, -0.1) is 0 Å². The minimum atomic E-state index is -1.31. The number of rotatable bonds is 4. The first-order valence-electron chi connectivity index (χ1n) is 5.16. The Morgan fingerprint density at radius 1 is 1.06 bits per heavy atom. The van der Waals surface area contributed by atoms with Crippen molar-refractivity contribution in [3.05, 3.63) is 60.2 Å². The van der Waals surface area contributed by atoms with Crippen molar-refractivity contribution in [2.24, 2.45) is 0 Å². The van der Waals surface area contributed by atoms with Gasteiger partial charge in [0.1, 0.15) is 10.8 Å². The molecule has 0 saturated heterocycles. The van der Waals surface area contributed by atoms with E-state index in [1.807, 2.05) is 6.07 Å². The van der Waals surface area contributed by atoms with Gasteiger partial charge in [0, 0.05) is 0 Å². The second-order valence-electron chi connectivity index (χ2n) is 3.43. The first-order chi connectivity index (χ1) is 8.68. The van der Waals surface area contributed by atoms with Gasteiger partial charge >= 0.3 is 5.97 Å². The van der Waals surface area contributed by atoms with Crippen LogP contribution < -0.4 is 0 Å². The maximum absolute atomic E-state index is 12.1. The maximum Gasteiger partial charge on any atom is 0.337 e. The van der Waals surface area contributed by atoms with Crippen LogP contribution in [0.3, 0.4) is 0 Å². The molecule has 0 aliphatic heterocycles. The second kappa shape index (κ2) is 5.95. The lowest BCUT2D eigenvalue weighted by Gasteiger charge is -2.08. The number of carboxylic acid groups (broad SMARTS) is 1. The van der Waals surface area contributed by atoms with Crippen molar-refractivity contribution < 1.29 is 14.5 Å². The van der Waals surface area contributed by atoms with Crippen molar-refractivity contribution in [3.63, 3.8) is 0 Å². The predicted molar refractivity (Wildman–Crippen MR) is 72.1 cm³/mol. The molecule has 3 nitrogen and oxygen atoms in total. The van der Waals surface area contributed by atoms with Crippen LogP contribution >= 0.6 is 10.8 Å². The average molecular weight is 278 g/mol. The smallest absolute Gasteiger partial charge is 0.337 e. The number of carbonyl (C=O) groups is 1. The molecular formula is C13H10O3S2. The number of hydrogen-bond donors (Lipinski definition) is 1. The number of hydrogen-bond acceptors (Lipinski definition) is 3. The number of benzene rings is 2. The van der Waals surface area contributed by atoms with Crippen molar-refractivity contribution in [2.45, 2.75) is 9.79 Å². The maximum atomic E-state index is 12.1. The van der Waals surface area contributed by atoms with E-state index in [4.69, 9.17) is 5.11 Å². The van der Waals surface area contributed by atoms with Crippen molar-refractivity contribution in [1.82, 2.24) is 0 Å². The summed E-state index contributed by atoms with van der Waals surface area (Å²) in [6, 6.07) is 15.5. The number of carboxylic acids is 1. The fourth-order valence-electron chi connectivity index (χ4n) is 1.38. The highest BCUT2D eigenvalue weighted by atomic mass is 33.1. The van der Waals surface area contributed by atoms with Gasteiger partial charge in [0.25, 0.3) is 0 Å². The van der Waals surface area contributed by atoms with E-state index < -0.39 is 16.2 Å². The summed E-state index contributed by atoms with van der Waals surface area (Å²) in [5, 5.41) is 9.04. The lowest BCUT2D eigenvalue weighted by molar-refractivity contribution is 0.0693. The van der Waals surface area contributed by atoms with Gasteiger partial charge in [-0.2, -0.15) is 0 Å². The van der Waals surface area contributed by atoms with Crippen molar-refractivity contribution in [2.75, 3.05) is 0 Å². The van der Waals surface area contributed by atoms with Crippen LogP contribution in [0.15, 0.2) is 64.4 Å². The Bertz CT molecular complexity index is 543. The van der Waals surface area contributed by atoms with Crippen LogP contribution in [0.4, 0.5) is 0 Å². The topological polar surface area (TPSA) is 60.4 Å². The van der Waals surface area contributed by atoms with Crippen LogP contribution in [0.1, 0.15) is 10.4 Å². The molecule has 92 valence electrons. The summed E-state index contributed by atoms with van der Waals surface area (Å²) in [5.74, 6) is -1.01. The average Bonchev–Trinajstić information content (AvgIpc) is 2.40. The van der Waals surface area contributed by atoms with Gasteiger partial charge in [0.15, 0.2) is 4.90 Å². The third kappa shape index (κ3) is 3.07. The molecule has 2 rings (SSSR count). The molecule has 1 atom stereocenters. The summed E-state index contributed by atoms with van der Waals surface area (Å²) >= 11 is 0. The fourth-order valence-corrected chi connectivity index (χ4v) is 3.94. The Hall–Kier alpha value is -1.43. The third-order valence-electron chi connectivity index (χ3n) is 2.22. The molecule has 1 unspecified atom stereocenters. The van der Waals surface area contributed by atoms with E-state index in [1.165, 1.54) is 6.07 Å².